The summed E-state index contributed by atoms with van der Waals surface area (Å²) < 4.78 is 13.1. The number of ether oxygens (including phenoxy) is 1. The number of nitrogens with zero attached hydrogens (tertiary/aromatic N) is 5. The van der Waals surface area contributed by atoms with Gasteiger partial charge in [-0.05, 0) is 39.7 Å². The average Bonchev–Trinajstić information content (AvgIpc) is 3.30. The number of aryl methyl sites for hydroxylation is 3. The molecule has 2 saturated heterocycles. The van der Waals surface area contributed by atoms with E-state index in [-0.39, 0.29) is 18.1 Å². The van der Waals surface area contributed by atoms with Crippen LogP contribution in [0, 0.1) is 19.8 Å². The molecule has 0 saturated carbocycles. The Bertz CT molecular complexity index is 783. The van der Waals surface area contributed by atoms with Crippen LogP contribution in [0.3, 0.4) is 0 Å². The van der Waals surface area contributed by atoms with Crippen LogP contribution >= 0.6 is 0 Å². The van der Waals surface area contributed by atoms with Gasteiger partial charge in [0.15, 0.2) is 5.82 Å². The molecular formula is C17H23N5O3. The molecule has 4 rings (SSSR count). The fourth-order valence-electron chi connectivity index (χ4n) is 3.87. The molecule has 0 N–H and O–H groups in total. The number of aromatic nitrogens is 4. The number of likely N-dealkylation sites (tertiary alicyclic amines) is 1. The monoisotopic (exact) mass is 345 g/mol. The molecule has 4 heterocycles. The van der Waals surface area contributed by atoms with Crippen molar-refractivity contribution < 1.29 is 14.1 Å². The van der Waals surface area contributed by atoms with Crippen LogP contribution in [0.2, 0.25) is 0 Å². The van der Waals surface area contributed by atoms with E-state index in [1.54, 1.807) is 11.6 Å². The largest absolute Gasteiger partial charge is 0.365 e. The van der Waals surface area contributed by atoms with Crippen LogP contribution < -0.4 is 0 Å². The van der Waals surface area contributed by atoms with E-state index in [0.717, 1.165) is 18.5 Å². The Balaban J connectivity index is 1.46. The van der Waals surface area contributed by atoms with Gasteiger partial charge in [-0.3, -0.25) is 9.48 Å². The van der Waals surface area contributed by atoms with Crippen molar-refractivity contribution in [3.63, 3.8) is 0 Å². The molecule has 2 aliphatic heterocycles. The van der Waals surface area contributed by atoms with Crippen LogP contribution in [-0.4, -0.2) is 49.9 Å². The Kier molecular flexibility index (Phi) is 4.07. The van der Waals surface area contributed by atoms with Gasteiger partial charge < -0.3 is 14.2 Å². The van der Waals surface area contributed by atoms with Gasteiger partial charge in [0.1, 0.15) is 11.8 Å². The van der Waals surface area contributed by atoms with Crippen molar-refractivity contribution in [1.29, 1.82) is 0 Å². The van der Waals surface area contributed by atoms with Crippen molar-refractivity contribution >= 4 is 5.91 Å². The van der Waals surface area contributed by atoms with Gasteiger partial charge in [0.05, 0.1) is 11.8 Å². The van der Waals surface area contributed by atoms with Gasteiger partial charge in [-0.25, -0.2) is 0 Å². The lowest BCUT2D eigenvalue weighted by molar-refractivity contribution is -0.00795. The van der Waals surface area contributed by atoms with Crippen LogP contribution in [0.4, 0.5) is 0 Å². The van der Waals surface area contributed by atoms with Gasteiger partial charge in [-0.15, -0.1) is 0 Å². The van der Waals surface area contributed by atoms with Gasteiger partial charge >= 0.3 is 0 Å². The summed E-state index contributed by atoms with van der Waals surface area (Å²) in [5.74, 6) is 1.52. The minimum atomic E-state index is -0.158. The van der Waals surface area contributed by atoms with Crippen molar-refractivity contribution in [2.45, 2.75) is 52.4 Å². The zero-order valence-corrected chi connectivity index (χ0v) is 14.8. The van der Waals surface area contributed by atoms with Crippen molar-refractivity contribution in [2.75, 3.05) is 13.1 Å². The summed E-state index contributed by atoms with van der Waals surface area (Å²) in [5.41, 5.74) is 1.54. The molecular weight excluding hydrogens is 322 g/mol. The van der Waals surface area contributed by atoms with Crippen molar-refractivity contribution in [3.8, 4) is 0 Å². The second kappa shape index (κ2) is 6.25. The van der Waals surface area contributed by atoms with Crippen LogP contribution in [0.15, 0.2) is 10.6 Å². The molecule has 25 heavy (non-hydrogen) atoms. The number of fused-ring (bicyclic) bond motifs is 1. The minimum absolute atomic E-state index is 0.0537. The third-order valence-corrected chi connectivity index (χ3v) is 5.05. The van der Waals surface area contributed by atoms with E-state index in [1.165, 1.54) is 0 Å². The molecule has 0 radical (unpaired) electrons. The molecule has 3 atom stereocenters. The summed E-state index contributed by atoms with van der Waals surface area (Å²) >= 11 is 0. The molecule has 0 aliphatic carbocycles. The maximum Gasteiger partial charge on any atom is 0.272 e. The summed E-state index contributed by atoms with van der Waals surface area (Å²) in [5, 5.41) is 8.22. The fraction of sp³-hybridized carbons (Fsp3) is 0.647. The zero-order valence-electron chi connectivity index (χ0n) is 14.8. The summed E-state index contributed by atoms with van der Waals surface area (Å²) in [7, 11) is 0. The molecule has 8 heteroatoms. The number of hydrogen-bond donors (Lipinski definition) is 0. The highest BCUT2D eigenvalue weighted by molar-refractivity contribution is 5.92. The summed E-state index contributed by atoms with van der Waals surface area (Å²) in [6.07, 6.45) is 1.63. The van der Waals surface area contributed by atoms with Gasteiger partial charge in [-0.2, -0.15) is 10.1 Å². The normalized spacial score (nSPS) is 26.0. The zero-order chi connectivity index (χ0) is 17.6. The summed E-state index contributed by atoms with van der Waals surface area (Å²) in [6, 6.07) is 1.87. The van der Waals surface area contributed by atoms with E-state index < -0.39 is 0 Å². The summed E-state index contributed by atoms with van der Waals surface area (Å²) in [6.45, 7) is 7.80. The Hall–Kier alpha value is -2.22. The Labute approximate surface area is 146 Å². The summed E-state index contributed by atoms with van der Waals surface area (Å²) in [4.78, 5) is 19.1. The van der Waals surface area contributed by atoms with Crippen LogP contribution in [0.1, 0.15) is 53.8 Å². The van der Waals surface area contributed by atoms with E-state index in [9.17, 15) is 4.79 Å². The lowest BCUT2D eigenvalue weighted by Gasteiger charge is -2.34. The lowest BCUT2D eigenvalue weighted by atomic mass is 9.92. The van der Waals surface area contributed by atoms with E-state index in [1.807, 2.05) is 24.8 Å². The SMILES string of the molecule is CCn1nc(C)cc1C(=O)N1CC[C@H]2O[C@@H](c3nc(C)no3)C[C@H]2C1. The van der Waals surface area contributed by atoms with Gasteiger partial charge in [-0.1, -0.05) is 5.16 Å². The average molecular weight is 345 g/mol. The van der Waals surface area contributed by atoms with Crippen LogP contribution in [0.5, 0.6) is 0 Å². The molecule has 2 aromatic heterocycles. The van der Waals surface area contributed by atoms with Crippen LogP contribution in [0.25, 0.3) is 0 Å². The number of rotatable bonds is 3. The van der Waals surface area contributed by atoms with E-state index in [0.29, 0.717) is 43.0 Å². The van der Waals surface area contributed by atoms with Crippen molar-refractivity contribution in [1.82, 2.24) is 24.8 Å². The topological polar surface area (TPSA) is 86.3 Å². The number of carbonyl (C=O) groups excluding carboxylic acids is 1. The van der Waals surface area contributed by atoms with Gasteiger partial charge in [0.25, 0.3) is 11.8 Å². The number of hydrogen-bond acceptors (Lipinski definition) is 6. The first-order valence-electron chi connectivity index (χ1n) is 8.84. The second-order valence-electron chi connectivity index (χ2n) is 6.87. The van der Waals surface area contributed by atoms with Crippen LogP contribution in [-0.2, 0) is 11.3 Å². The van der Waals surface area contributed by atoms with Gasteiger partial charge in [0.2, 0.25) is 0 Å². The molecule has 2 aromatic rings. The highest BCUT2D eigenvalue weighted by atomic mass is 16.5. The Morgan fingerprint density at radius 2 is 2.24 bits per heavy atom. The maximum atomic E-state index is 12.9. The fourth-order valence-corrected chi connectivity index (χ4v) is 3.87. The predicted molar refractivity (Wildman–Crippen MR) is 87.9 cm³/mol. The lowest BCUT2D eigenvalue weighted by Crippen LogP contribution is -2.45. The number of amides is 1. The quantitative estimate of drug-likeness (QED) is 0.844. The third-order valence-electron chi connectivity index (χ3n) is 5.05. The predicted octanol–water partition coefficient (Wildman–Crippen LogP) is 1.90. The van der Waals surface area contributed by atoms with E-state index >= 15 is 0 Å². The number of piperidine rings is 1. The maximum absolute atomic E-state index is 12.9. The molecule has 0 unspecified atom stereocenters. The first-order valence-corrected chi connectivity index (χ1v) is 8.84. The highest BCUT2D eigenvalue weighted by Crippen LogP contribution is 2.40. The van der Waals surface area contributed by atoms with E-state index in [4.69, 9.17) is 9.26 Å². The minimum Gasteiger partial charge on any atom is -0.365 e. The first-order chi connectivity index (χ1) is 12.0. The molecule has 0 spiro atoms. The molecule has 2 fully saturated rings. The smallest absolute Gasteiger partial charge is 0.272 e. The highest BCUT2D eigenvalue weighted by Gasteiger charge is 2.43. The molecule has 0 aromatic carbocycles. The Morgan fingerprint density at radius 1 is 1.40 bits per heavy atom. The molecule has 8 nitrogen and oxygen atoms in total. The second-order valence-corrected chi connectivity index (χ2v) is 6.87. The molecule has 0 bridgehead atoms. The molecule has 134 valence electrons. The molecule has 2 aliphatic rings. The van der Waals surface area contributed by atoms with Gasteiger partial charge in [0, 0.05) is 25.6 Å². The first kappa shape index (κ1) is 16.3. The standard InChI is InChI=1S/C17H23N5O3/c1-4-22-13(7-10(2)19-22)17(23)21-6-5-14-12(9-21)8-15(24-14)16-18-11(3)20-25-16/h7,12,14-15H,4-6,8-9H2,1-3H3/t12-,14+,15+/m0/s1. The third kappa shape index (κ3) is 2.95. The van der Waals surface area contributed by atoms with Crippen molar-refractivity contribution in [2.24, 2.45) is 5.92 Å². The molecule has 1 amide bonds. The van der Waals surface area contributed by atoms with Crippen molar-refractivity contribution in [3.05, 3.63) is 29.2 Å². The van der Waals surface area contributed by atoms with E-state index in [2.05, 4.69) is 15.2 Å². The number of carbonyl (C=O) groups is 1. The Morgan fingerprint density at radius 3 is 2.96 bits per heavy atom.